The van der Waals surface area contributed by atoms with Crippen LogP contribution >= 0.6 is 0 Å². The van der Waals surface area contributed by atoms with E-state index in [1.807, 2.05) is 20.9 Å². The summed E-state index contributed by atoms with van der Waals surface area (Å²) in [6.45, 7) is 7.15. The summed E-state index contributed by atoms with van der Waals surface area (Å²) in [5.74, 6) is 0.0149. The van der Waals surface area contributed by atoms with Gasteiger partial charge in [-0.2, -0.15) is 0 Å². The molecule has 1 heterocycles. The predicted octanol–water partition coefficient (Wildman–Crippen LogP) is 3.50. The van der Waals surface area contributed by atoms with Crippen molar-refractivity contribution in [1.82, 2.24) is 10.2 Å². The van der Waals surface area contributed by atoms with Crippen molar-refractivity contribution >= 4 is 21.6 Å². The van der Waals surface area contributed by atoms with Crippen LogP contribution in [-0.4, -0.2) is 75.9 Å². The van der Waals surface area contributed by atoms with Crippen molar-refractivity contribution in [1.29, 1.82) is 0 Å². The SMILES string of the molecule is CNC[C@H]1OCCCC[C@@H](C)Oc2ccc(NS(=O)(=O)c3ccccc3)cc2C(=O)N([C@H](C)CO)C[C@H]1C. The van der Waals surface area contributed by atoms with Crippen LogP contribution < -0.4 is 14.8 Å². The van der Waals surface area contributed by atoms with Crippen molar-refractivity contribution in [3.8, 4) is 5.75 Å². The highest BCUT2D eigenvalue weighted by Gasteiger charge is 2.30. The summed E-state index contributed by atoms with van der Waals surface area (Å²) >= 11 is 0. The molecule has 0 aromatic heterocycles. The Bertz CT molecular complexity index is 1140. The number of rotatable bonds is 7. The number of amides is 1. The predicted molar refractivity (Wildman–Crippen MR) is 148 cm³/mol. The number of nitrogens with zero attached hydrogens (tertiary/aromatic N) is 1. The summed E-state index contributed by atoms with van der Waals surface area (Å²) in [6, 6.07) is 12.3. The molecule has 2 aromatic rings. The molecule has 0 radical (unpaired) electrons. The number of carbonyl (C=O) groups excluding carboxylic acids is 1. The number of nitrogens with one attached hydrogen (secondary N) is 2. The Hall–Kier alpha value is -2.66. The zero-order valence-electron chi connectivity index (χ0n) is 22.7. The molecule has 0 bridgehead atoms. The van der Waals surface area contributed by atoms with E-state index in [0.29, 0.717) is 25.4 Å². The van der Waals surface area contributed by atoms with Gasteiger partial charge in [-0.3, -0.25) is 9.52 Å². The number of ether oxygens (including phenoxy) is 2. The number of hydrogen-bond donors (Lipinski definition) is 3. The summed E-state index contributed by atoms with van der Waals surface area (Å²) in [5, 5.41) is 13.2. The monoisotopic (exact) mass is 547 g/mol. The molecule has 3 N–H and O–H groups in total. The highest BCUT2D eigenvalue weighted by atomic mass is 32.2. The molecule has 3 rings (SSSR count). The Morgan fingerprint density at radius 3 is 2.55 bits per heavy atom. The normalized spacial score (nSPS) is 22.6. The lowest BCUT2D eigenvalue weighted by molar-refractivity contribution is -0.000450. The fraction of sp³-hybridized carbons (Fsp3) is 0.536. The van der Waals surface area contributed by atoms with Gasteiger partial charge in [-0.15, -0.1) is 0 Å². The second-order valence-corrected chi connectivity index (χ2v) is 11.7. The molecule has 4 atom stereocenters. The lowest BCUT2D eigenvalue weighted by Crippen LogP contribution is -2.47. The first-order valence-electron chi connectivity index (χ1n) is 13.2. The van der Waals surface area contributed by atoms with E-state index in [1.165, 1.54) is 18.2 Å². The molecule has 0 saturated heterocycles. The van der Waals surface area contributed by atoms with Gasteiger partial charge in [0.15, 0.2) is 0 Å². The maximum Gasteiger partial charge on any atom is 0.261 e. The third kappa shape index (κ3) is 7.92. The van der Waals surface area contributed by atoms with Gasteiger partial charge in [0.25, 0.3) is 15.9 Å². The van der Waals surface area contributed by atoms with Crippen LogP contribution in [0.15, 0.2) is 53.4 Å². The number of hydrogen-bond acceptors (Lipinski definition) is 7. The second-order valence-electron chi connectivity index (χ2n) is 9.99. The maximum absolute atomic E-state index is 14.0. The van der Waals surface area contributed by atoms with Gasteiger partial charge < -0.3 is 24.8 Å². The Morgan fingerprint density at radius 2 is 1.87 bits per heavy atom. The number of aliphatic hydroxyl groups is 1. The van der Waals surface area contributed by atoms with Crippen LogP contribution in [0.3, 0.4) is 0 Å². The summed E-state index contributed by atoms with van der Waals surface area (Å²) in [6.07, 6.45) is 2.31. The van der Waals surface area contributed by atoms with Crippen molar-refractivity contribution in [3.63, 3.8) is 0 Å². The smallest absolute Gasteiger partial charge is 0.261 e. The topological polar surface area (TPSA) is 117 Å². The van der Waals surface area contributed by atoms with Crippen molar-refractivity contribution in [2.24, 2.45) is 5.92 Å². The van der Waals surface area contributed by atoms with Gasteiger partial charge in [0.1, 0.15) is 5.75 Å². The van der Waals surface area contributed by atoms with Crippen LogP contribution in [0.2, 0.25) is 0 Å². The highest BCUT2D eigenvalue weighted by Crippen LogP contribution is 2.29. The number of fused-ring (bicyclic) bond motifs is 1. The van der Waals surface area contributed by atoms with E-state index in [-0.39, 0.29) is 46.8 Å². The fourth-order valence-electron chi connectivity index (χ4n) is 4.49. The summed E-state index contributed by atoms with van der Waals surface area (Å²) in [7, 11) is -1.98. The second kappa shape index (κ2) is 13.9. The minimum absolute atomic E-state index is 0.0219. The molecule has 38 heavy (non-hydrogen) atoms. The van der Waals surface area contributed by atoms with Crippen LogP contribution in [0.5, 0.6) is 5.75 Å². The Balaban J connectivity index is 2.02. The molecule has 0 spiro atoms. The molecule has 0 fully saturated rings. The third-order valence-corrected chi connectivity index (χ3v) is 8.16. The Labute approximate surface area is 226 Å². The molecule has 2 aromatic carbocycles. The molecule has 1 aliphatic heterocycles. The van der Waals surface area contributed by atoms with E-state index >= 15 is 0 Å². The number of sulfonamides is 1. The van der Waals surface area contributed by atoms with E-state index in [2.05, 4.69) is 10.0 Å². The van der Waals surface area contributed by atoms with Crippen molar-refractivity contribution in [3.05, 3.63) is 54.1 Å². The van der Waals surface area contributed by atoms with Gasteiger partial charge in [0.2, 0.25) is 0 Å². The molecule has 1 amide bonds. The zero-order valence-corrected chi connectivity index (χ0v) is 23.5. The van der Waals surface area contributed by atoms with Gasteiger partial charge >= 0.3 is 0 Å². The van der Waals surface area contributed by atoms with Crippen molar-refractivity contribution in [2.45, 2.75) is 63.2 Å². The average Bonchev–Trinajstić information content (AvgIpc) is 2.90. The fourth-order valence-corrected chi connectivity index (χ4v) is 5.56. The molecule has 0 unspecified atom stereocenters. The molecule has 0 aliphatic carbocycles. The average molecular weight is 548 g/mol. The minimum Gasteiger partial charge on any atom is -0.490 e. The van der Waals surface area contributed by atoms with Gasteiger partial charge in [0, 0.05) is 31.3 Å². The largest absolute Gasteiger partial charge is 0.490 e. The number of carbonyl (C=O) groups is 1. The lowest BCUT2D eigenvalue weighted by atomic mass is 10.0. The lowest BCUT2D eigenvalue weighted by Gasteiger charge is -2.34. The van der Waals surface area contributed by atoms with E-state index < -0.39 is 16.1 Å². The first-order chi connectivity index (χ1) is 18.2. The van der Waals surface area contributed by atoms with Gasteiger partial charge in [-0.05, 0) is 70.5 Å². The highest BCUT2D eigenvalue weighted by molar-refractivity contribution is 7.92. The quantitative estimate of drug-likeness (QED) is 0.486. The Morgan fingerprint density at radius 1 is 1.13 bits per heavy atom. The van der Waals surface area contributed by atoms with Crippen molar-refractivity contribution in [2.75, 3.05) is 38.1 Å². The molecular weight excluding hydrogens is 506 g/mol. The van der Waals surface area contributed by atoms with Crippen LogP contribution in [0.25, 0.3) is 0 Å². The Kier molecular flexibility index (Phi) is 11.0. The van der Waals surface area contributed by atoms with Gasteiger partial charge in [0.05, 0.1) is 35.3 Å². The van der Waals surface area contributed by atoms with Crippen LogP contribution in [-0.2, 0) is 14.8 Å². The first kappa shape index (κ1) is 29.9. The molecule has 9 nitrogen and oxygen atoms in total. The standard InChI is InChI=1S/C28H41N3O6S/c1-20-18-31(21(2)19-32)28(33)25-16-23(30-38(34,35)24-11-6-5-7-12-24)13-14-26(25)37-22(3)10-8-9-15-36-27(20)17-29-4/h5-7,11-14,16,20-22,27,29-30,32H,8-10,15,17-19H2,1-4H3/t20-,21-,22-,27-/m1/s1. The van der Waals surface area contributed by atoms with E-state index in [0.717, 1.165) is 19.3 Å². The van der Waals surface area contributed by atoms with Crippen LogP contribution in [0.1, 0.15) is 50.4 Å². The van der Waals surface area contributed by atoms with Gasteiger partial charge in [-0.1, -0.05) is 25.1 Å². The van der Waals surface area contributed by atoms with E-state index in [9.17, 15) is 18.3 Å². The third-order valence-electron chi connectivity index (χ3n) is 6.76. The summed E-state index contributed by atoms with van der Waals surface area (Å²) < 4.78 is 40.8. The minimum atomic E-state index is -3.85. The van der Waals surface area contributed by atoms with E-state index in [4.69, 9.17) is 9.47 Å². The number of benzene rings is 2. The molecular formula is C28H41N3O6S. The zero-order chi connectivity index (χ0) is 27.7. The van der Waals surface area contributed by atoms with Crippen LogP contribution in [0, 0.1) is 5.92 Å². The van der Waals surface area contributed by atoms with Crippen molar-refractivity contribution < 1.29 is 27.8 Å². The van der Waals surface area contributed by atoms with E-state index in [1.54, 1.807) is 42.2 Å². The molecule has 210 valence electrons. The molecule has 0 saturated carbocycles. The summed E-state index contributed by atoms with van der Waals surface area (Å²) in [4.78, 5) is 15.7. The number of likely N-dealkylation sites (N-methyl/N-ethyl adjacent to an activating group) is 1. The molecule has 10 heteroatoms. The first-order valence-corrected chi connectivity index (χ1v) is 14.7. The molecule has 1 aliphatic rings. The van der Waals surface area contributed by atoms with Gasteiger partial charge in [-0.25, -0.2) is 8.42 Å². The summed E-state index contributed by atoms with van der Waals surface area (Å²) in [5.41, 5.74) is 0.486. The van der Waals surface area contributed by atoms with Crippen LogP contribution in [0.4, 0.5) is 5.69 Å². The number of aliphatic hydroxyl groups excluding tert-OH is 1. The maximum atomic E-state index is 14.0. The number of anilines is 1.